The van der Waals surface area contributed by atoms with Crippen LogP contribution in [-0.4, -0.2) is 46.6 Å². The van der Waals surface area contributed by atoms with Gasteiger partial charge < -0.3 is 14.8 Å². The SMILES string of the molecule is COc1ccc(OC)c([C@@H](C(=O)NC(C)(C)C)N(C(=O)Cn2nnc3ccccc32)c2cccc(F)c2)c1. The Labute approximate surface area is 220 Å². The molecule has 38 heavy (non-hydrogen) atoms. The van der Waals surface area contributed by atoms with Crippen molar-refractivity contribution in [1.82, 2.24) is 20.3 Å². The monoisotopic (exact) mass is 519 g/mol. The van der Waals surface area contributed by atoms with Gasteiger partial charge in [0.05, 0.1) is 19.7 Å². The van der Waals surface area contributed by atoms with E-state index in [9.17, 15) is 14.0 Å². The highest BCUT2D eigenvalue weighted by molar-refractivity contribution is 6.02. The van der Waals surface area contributed by atoms with Crippen molar-refractivity contribution >= 4 is 28.5 Å². The van der Waals surface area contributed by atoms with Crippen molar-refractivity contribution < 1.29 is 23.5 Å². The first-order chi connectivity index (χ1) is 18.1. The summed E-state index contributed by atoms with van der Waals surface area (Å²) in [6.45, 7) is 5.25. The summed E-state index contributed by atoms with van der Waals surface area (Å²) in [4.78, 5) is 29.2. The normalized spacial score (nSPS) is 12.2. The zero-order chi connectivity index (χ0) is 27.4. The molecule has 0 radical (unpaired) electrons. The molecule has 0 saturated heterocycles. The minimum absolute atomic E-state index is 0.193. The third-order valence-electron chi connectivity index (χ3n) is 5.80. The molecule has 0 unspecified atom stereocenters. The van der Waals surface area contributed by atoms with Crippen LogP contribution in [0.5, 0.6) is 11.5 Å². The van der Waals surface area contributed by atoms with Crippen molar-refractivity contribution in [2.24, 2.45) is 0 Å². The summed E-state index contributed by atoms with van der Waals surface area (Å²) in [5.41, 5.74) is 1.21. The number of methoxy groups -OCH3 is 2. The van der Waals surface area contributed by atoms with Crippen molar-refractivity contribution in [2.45, 2.75) is 38.9 Å². The van der Waals surface area contributed by atoms with E-state index in [1.807, 2.05) is 32.9 Å². The molecular formula is C28H30FN5O4. The number of fused-ring (bicyclic) bond motifs is 1. The fourth-order valence-electron chi connectivity index (χ4n) is 4.19. The number of carbonyl (C=O) groups excluding carboxylic acids is 2. The maximum absolute atomic E-state index is 14.5. The van der Waals surface area contributed by atoms with Crippen molar-refractivity contribution in [3.8, 4) is 11.5 Å². The number of hydrogen-bond donors (Lipinski definition) is 1. The molecule has 1 aromatic heterocycles. The molecule has 0 spiro atoms. The van der Waals surface area contributed by atoms with E-state index in [0.29, 0.717) is 28.1 Å². The van der Waals surface area contributed by atoms with E-state index in [4.69, 9.17) is 9.47 Å². The van der Waals surface area contributed by atoms with Gasteiger partial charge in [0.1, 0.15) is 35.4 Å². The van der Waals surface area contributed by atoms with Crippen LogP contribution in [0.25, 0.3) is 11.0 Å². The predicted octanol–water partition coefficient (Wildman–Crippen LogP) is 4.28. The Kier molecular flexibility index (Phi) is 7.61. The third kappa shape index (κ3) is 5.74. The number of carbonyl (C=O) groups is 2. The minimum atomic E-state index is -1.23. The Hall–Kier alpha value is -4.47. The Morgan fingerprint density at radius 2 is 1.79 bits per heavy atom. The molecule has 1 N–H and O–H groups in total. The lowest BCUT2D eigenvalue weighted by Gasteiger charge is -2.34. The van der Waals surface area contributed by atoms with Gasteiger partial charge in [-0.05, 0) is 69.3 Å². The number of rotatable bonds is 8. The highest BCUT2D eigenvalue weighted by Gasteiger charge is 2.37. The molecule has 198 valence electrons. The molecule has 0 fully saturated rings. The van der Waals surface area contributed by atoms with Gasteiger partial charge in [-0.15, -0.1) is 5.10 Å². The number of benzene rings is 3. The molecule has 0 saturated carbocycles. The second-order valence-corrected chi connectivity index (χ2v) is 9.73. The third-order valence-corrected chi connectivity index (χ3v) is 5.80. The summed E-state index contributed by atoms with van der Waals surface area (Å²) in [5.74, 6) is -0.724. The van der Waals surface area contributed by atoms with Gasteiger partial charge >= 0.3 is 0 Å². The highest BCUT2D eigenvalue weighted by Crippen LogP contribution is 2.36. The average Bonchev–Trinajstić information content (AvgIpc) is 3.28. The topological polar surface area (TPSA) is 98.6 Å². The first-order valence-electron chi connectivity index (χ1n) is 12.0. The standard InChI is InChI=1S/C28H30FN5O4/c1-28(2,3)30-27(36)26(21-16-20(37-4)13-14-24(21)38-5)34(19-10-8-9-18(29)15-19)25(35)17-33-23-12-7-6-11-22(23)31-32-33/h6-16,26H,17H2,1-5H3,(H,30,36)/t26-/m0/s1. The Morgan fingerprint density at radius 1 is 1.03 bits per heavy atom. The molecule has 4 rings (SSSR count). The van der Waals surface area contributed by atoms with Crippen LogP contribution >= 0.6 is 0 Å². The Balaban J connectivity index is 1.90. The van der Waals surface area contributed by atoms with Crippen LogP contribution < -0.4 is 19.7 Å². The van der Waals surface area contributed by atoms with Crippen LogP contribution in [0.3, 0.4) is 0 Å². The number of ether oxygens (including phenoxy) is 2. The lowest BCUT2D eigenvalue weighted by molar-refractivity contribution is -0.128. The van der Waals surface area contributed by atoms with Gasteiger partial charge in [0.15, 0.2) is 0 Å². The van der Waals surface area contributed by atoms with Crippen molar-refractivity contribution in [3.63, 3.8) is 0 Å². The zero-order valence-electron chi connectivity index (χ0n) is 21.9. The summed E-state index contributed by atoms with van der Waals surface area (Å²) < 4.78 is 26.9. The molecule has 10 heteroatoms. The Morgan fingerprint density at radius 3 is 2.47 bits per heavy atom. The fraction of sp³-hybridized carbons (Fsp3) is 0.286. The van der Waals surface area contributed by atoms with Crippen molar-refractivity contribution in [3.05, 3.63) is 78.1 Å². The van der Waals surface area contributed by atoms with E-state index in [0.717, 1.165) is 0 Å². The molecule has 4 aromatic rings. The number of amides is 2. The maximum Gasteiger partial charge on any atom is 0.249 e. The first kappa shape index (κ1) is 26.6. The summed E-state index contributed by atoms with van der Waals surface area (Å²) in [7, 11) is 2.97. The number of halogens is 1. The van der Waals surface area contributed by atoms with E-state index < -0.39 is 29.2 Å². The van der Waals surface area contributed by atoms with Gasteiger partial charge in [0, 0.05) is 16.8 Å². The van der Waals surface area contributed by atoms with E-state index >= 15 is 0 Å². The van der Waals surface area contributed by atoms with Gasteiger partial charge in [0.2, 0.25) is 11.8 Å². The number of aromatic nitrogens is 3. The van der Waals surface area contributed by atoms with Gasteiger partial charge in [-0.3, -0.25) is 14.5 Å². The molecule has 0 aliphatic carbocycles. The molecular weight excluding hydrogens is 489 g/mol. The molecule has 3 aromatic carbocycles. The predicted molar refractivity (Wildman–Crippen MR) is 142 cm³/mol. The number of anilines is 1. The first-order valence-corrected chi connectivity index (χ1v) is 12.0. The largest absolute Gasteiger partial charge is 0.497 e. The van der Waals surface area contributed by atoms with Crippen LogP contribution in [0.2, 0.25) is 0 Å². The van der Waals surface area contributed by atoms with E-state index in [1.165, 1.54) is 42.0 Å². The zero-order valence-corrected chi connectivity index (χ0v) is 21.9. The van der Waals surface area contributed by atoms with Crippen molar-refractivity contribution in [2.75, 3.05) is 19.1 Å². The van der Waals surface area contributed by atoms with Gasteiger partial charge in [-0.1, -0.05) is 23.4 Å². The van der Waals surface area contributed by atoms with Gasteiger partial charge in [-0.25, -0.2) is 9.07 Å². The second-order valence-electron chi connectivity index (χ2n) is 9.73. The van der Waals surface area contributed by atoms with Crippen LogP contribution in [0.15, 0.2) is 66.7 Å². The van der Waals surface area contributed by atoms with Crippen LogP contribution in [0.4, 0.5) is 10.1 Å². The summed E-state index contributed by atoms with van der Waals surface area (Å²) in [6, 6.07) is 16.5. The second kappa shape index (κ2) is 10.9. The molecule has 2 amide bonds. The number of para-hydroxylation sites is 1. The molecule has 0 bridgehead atoms. The fourth-order valence-corrected chi connectivity index (χ4v) is 4.19. The number of nitrogens with one attached hydrogen (secondary N) is 1. The number of nitrogens with zero attached hydrogens (tertiary/aromatic N) is 4. The average molecular weight is 520 g/mol. The van der Waals surface area contributed by atoms with Gasteiger partial charge in [-0.2, -0.15) is 0 Å². The molecule has 1 atom stereocenters. The summed E-state index contributed by atoms with van der Waals surface area (Å²) in [6.07, 6.45) is 0. The smallest absolute Gasteiger partial charge is 0.249 e. The van der Waals surface area contributed by atoms with E-state index in [-0.39, 0.29) is 12.2 Å². The quantitative estimate of drug-likeness (QED) is 0.373. The minimum Gasteiger partial charge on any atom is -0.497 e. The van der Waals surface area contributed by atoms with Crippen LogP contribution in [-0.2, 0) is 16.1 Å². The molecule has 0 aliphatic heterocycles. The van der Waals surface area contributed by atoms with Gasteiger partial charge in [0.25, 0.3) is 0 Å². The number of hydrogen-bond acceptors (Lipinski definition) is 6. The summed E-state index contributed by atoms with van der Waals surface area (Å²) in [5, 5.41) is 11.2. The molecule has 9 nitrogen and oxygen atoms in total. The molecule has 1 heterocycles. The lowest BCUT2D eigenvalue weighted by Crippen LogP contribution is -2.50. The highest BCUT2D eigenvalue weighted by atomic mass is 19.1. The van der Waals surface area contributed by atoms with Crippen LogP contribution in [0, 0.1) is 5.82 Å². The van der Waals surface area contributed by atoms with E-state index in [2.05, 4.69) is 15.6 Å². The molecule has 0 aliphatic rings. The maximum atomic E-state index is 14.5. The van der Waals surface area contributed by atoms with E-state index in [1.54, 1.807) is 36.4 Å². The van der Waals surface area contributed by atoms with Crippen molar-refractivity contribution in [1.29, 1.82) is 0 Å². The van der Waals surface area contributed by atoms with Crippen LogP contribution in [0.1, 0.15) is 32.4 Å². The summed E-state index contributed by atoms with van der Waals surface area (Å²) >= 11 is 0. The Bertz CT molecular complexity index is 1460. The lowest BCUT2D eigenvalue weighted by atomic mass is 9.99.